The Kier molecular flexibility index (Phi) is 5.08. The molecule has 1 N–H and O–H groups in total. The summed E-state index contributed by atoms with van der Waals surface area (Å²) in [6.07, 6.45) is -1.96. The fraction of sp³-hybridized carbons (Fsp3) is 0.667. The summed E-state index contributed by atoms with van der Waals surface area (Å²) < 4.78 is 37.9. The van der Waals surface area contributed by atoms with Gasteiger partial charge in [-0.2, -0.15) is 13.2 Å². The van der Waals surface area contributed by atoms with Crippen LogP contribution in [0.25, 0.3) is 0 Å². The van der Waals surface area contributed by atoms with E-state index in [0.717, 1.165) is 17.9 Å². The third-order valence-electron chi connectivity index (χ3n) is 3.81. The number of anilines is 1. The summed E-state index contributed by atoms with van der Waals surface area (Å²) in [5, 5.41) is 3.30. The number of alkyl halides is 3. The van der Waals surface area contributed by atoms with E-state index in [4.69, 9.17) is 0 Å². The first-order chi connectivity index (χ1) is 9.86. The van der Waals surface area contributed by atoms with Crippen molar-refractivity contribution in [2.75, 3.05) is 18.0 Å². The molecule has 0 radical (unpaired) electrons. The first-order valence-electron chi connectivity index (χ1n) is 7.36. The van der Waals surface area contributed by atoms with Crippen LogP contribution < -0.4 is 10.2 Å². The highest BCUT2D eigenvalue weighted by Crippen LogP contribution is 2.34. The molecule has 1 aliphatic heterocycles. The molecule has 1 aromatic heterocycles. The quantitative estimate of drug-likeness (QED) is 0.924. The van der Waals surface area contributed by atoms with Crippen LogP contribution in [0.15, 0.2) is 18.3 Å². The minimum Gasteiger partial charge on any atom is -0.357 e. The first kappa shape index (κ1) is 16.1. The van der Waals surface area contributed by atoms with E-state index in [1.807, 2.05) is 17.0 Å². The number of aromatic nitrogens is 1. The number of rotatable bonds is 4. The van der Waals surface area contributed by atoms with Crippen molar-refractivity contribution < 1.29 is 13.2 Å². The van der Waals surface area contributed by atoms with Gasteiger partial charge in [-0.15, -0.1) is 0 Å². The number of nitrogens with one attached hydrogen (secondary N) is 1. The second-order valence-corrected chi connectivity index (χ2v) is 5.86. The van der Waals surface area contributed by atoms with Gasteiger partial charge < -0.3 is 10.2 Å². The molecule has 0 unspecified atom stereocenters. The number of nitrogens with zero attached hydrogens (tertiary/aromatic N) is 2. The Morgan fingerprint density at radius 1 is 1.29 bits per heavy atom. The predicted molar refractivity (Wildman–Crippen MR) is 77.2 cm³/mol. The van der Waals surface area contributed by atoms with Crippen molar-refractivity contribution in [1.29, 1.82) is 0 Å². The fourth-order valence-corrected chi connectivity index (χ4v) is 2.47. The van der Waals surface area contributed by atoms with Crippen LogP contribution in [0.2, 0.25) is 0 Å². The zero-order valence-corrected chi connectivity index (χ0v) is 12.5. The van der Waals surface area contributed by atoms with Gasteiger partial charge in [-0.25, -0.2) is 4.98 Å². The second kappa shape index (κ2) is 6.64. The van der Waals surface area contributed by atoms with Crippen molar-refractivity contribution in [1.82, 2.24) is 10.3 Å². The zero-order chi connectivity index (χ0) is 15.5. The van der Waals surface area contributed by atoms with Crippen LogP contribution >= 0.6 is 0 Å². The van der Waals surface area contributed by atoms with E-state index in [1.165, 1.54) is 0 Å². The molecule has 1 aliphatic rings. The minimum atomic E-state index is -4.06. The van der Waals surface area contributed by atoms with E-state index < -0.39 is 12.1 Å². The Balaban J connectivity index is 1.89. The summed E-state index contributed by atoms with van der Waals surface area (Å²) in [4.78, 5) is 6.30. The lowest BCUT2D eigenvalue weighted by atomic mass is 9.96. The van der Waals surface area contributed by atoms with E-state index in [0.29, 0.717) is 19.1 Å². The first-order valence-corrected chi connectivity index (χ1v) is 7.36. The number of piperidine rings is 1. The summed E-state index contributed by atoms with van der Waals surface area (Å²) in [5.74, 6) is -0.396. The molecule has 0 spiro atoms. The smallest absolute Gasteiger partial charge is 0.357 e. The maximum absolute atomic E-state index is 12.6. The summed E-state index contributed by atoms with van der Waals surface area (Å²) >= 11 is 0. The van der Waals surface area contributed by atoms with Gasteiger partial charge in [0.25, 0.3) is 0 Å². The Labute approximate surface area is 123 Å². The van der Waals surface area contributed by atoms with Gasteiger partial charge in [-0.05, 0) is 24.5 Å². The molecule has 0 saturated carbocycles. The lowest BCUT2D eigenvalue weighted by Gasteiger charge is -2.33. The summed E-state index contributed by atoms with van der Waals surface area (Å²) in [6.45, 7) is 5.74. The highest BCUT2D eigenvalue weighted by Gasteiger charge is 2.41. The van der Waals surface area contributed by atoms with Crippen LogP contribution in [0.3, 0.4) is 0 Å². The Morgan fingerprint density at radius 3 is 2.43 bits per heavy atom. The highest BCUT2D eigenvalue weighted by atomic mass is 19.4. The van der Waals surface area contributed by atoms with Crippen molar-refractivity contribution in [3.8, 4) is 0 Å². The summed E-state index contributed by atoms with van der Waals surface area (Å²) in [5.41, 5.74) is 1.08. The number of hydrogen-bond acceptors (Lipinski definition) is 3. The Bertz CT molecular complexity index is 434. The third kappa shape index (κ3) is 4.59. The van der Waals surface area contributed by atoms with E-state index in [-0.39, 0.29) is 12.8 Å². The van der Waals surface area contributed by atoms with Crippen molar-refractivity contribution in [3.05, 3.63) is 23.9 Å². The van der Waals surface area contributed by atoms with Crippen molar-refractivity contribution in [2.24, 2.45) is 5.92 Å². The van der Waals surface area contributed by atoms with Crippen LogP contribution in [0.4, 0.5) is 19.0 Å². The van der Waals surface area contributed by atoms with Crippen LogP contribution in [0.5, 0.6) is 0 Å². The predicted octanol–water partition coefficient (Wildman–Crippen LogP) is 3.36. The molecule has 3 nitrogen and oxygen atoms in total. The number of pyridine rings is 1. The van der Waals surface area contributed by atoms with Crippen molar-refractivity contribution in [2.45, 2.75) is 45.5 Å². The molecule has 0 atom stereocenters. The van der Waals surface area contributed by atoms with Gasteiger partial charge >= 0.3 is 6.18 Å². The maximum Gasteiger partial charge on any atom is 0.391 e. The van der Waals surface area contributed by atoms with Gasteiger partial charge in [-0.1, -0.05) is 19.9 Å². The molecule has 0 amide bonds. The van der Waals surface area contributed by atoms with E-state index in [1.54, 1.807) is 6.20 Å². The highest BCUT2D eigenvalue weighted by molar-refractivity contribution is 5.39. The topological polar surface area (TPSA) is 28.2 Å². The molecule has 0 aromatic carbocycles. The molecule has 0 bridgehead atoms. The summed E-state index contributed by atoms with van der Waals surface area (Å²) in [6, 6.07) is 4.28. The van der Waals surface area contributed by atoms with Crippen LogP contribution in [0.1, 0.15) is 32.3 Å². The van der Waals surface area contributed by atoms with Crippen molar-refractivity contribution >= 4 is 5.82 Å². The fourth-order valence-electron chi connectivity index (χ4n) is 2.47. The molecule has 21 heavy (non-hydrogen) atoms. The summed E-state index contributed by atoms with van der Waals surface area (Å²) in [7, 11) is 0. The molecular formula is C15H22F3N3. The number of hydrogen-bond donors (Lipinski definition) is 1. The minimum absolute atomic E-state index is 0.155. The largest absolute Gasteiger partial charge is 0.391 e. The van der Waals surface area contributed by atoms with Crippen molar-refractivity contribution in [3.63, 3.8) is 0 Å². The second-order valence-electron chi connectivity index (χ2n) is 5.86. The molecule has 118 valence electrons. The lowest BCUT2D eigenvalue weighted by Crippen LogP contribution is -2.39. The van der Waals surface area contributed by atoms with Crippen LogP contribution in [-0.4, -0.2) is 30.3 Å². The molecule has 1 aromatic rings. The van der Waals surface area contributed by atoms with Gasteiger partial charge in [0.15, 0.2) is 0 Å². The van der Waals surface area contributed by atoms with Crippen LogP contribution in [0, 0.1) is 5.92 Å². The molecule has 1 saturated heterocycles. The van der Waals surface area contributed by atoms with Crippen LogP contribution in [-0.2, 0) is 6.54 Å². The molecule has 2 rings (SSSR count). The standard InChI is InChI=1S/C15H22F3N3/c1-11(2)19-9-12-3-4-14(20-10-12)21-7-5-13(6-8-21)15(16,17)18/h3-4,10-11,13,19H,5-9H2,1-2H3. The molecule has 6 heteroatoms. The average molecular weight is 301 g/mol. The normalized spacial score (nSPS) is 17.5. The number of halogens is 3. The molecule has 2 heterocycles. The molecular weight excluding hydrogens is 279 g/mol. The van der Waals surface area contributed by atoms with Gasteiger partial charge in [-0.3, -0.25) is 0 Å². The maximum atomic E-state index is 12.6. The van der Waals surface area contributed by atoms with Gasteiger partial charge in [0, 0.05) is 31.9 Å². The van der Waals surface area contributed by atoms with Gasteiger partial charge in [0.05, 0.1) is 5.92 Å². The zero-order valence-electron chi connectivity index (χ0n) is 12.5. The Hall–Kier alpha value is -1.30. The molecule has 1 fully saturated rings. The SMILES string of the molecule is CC(C)NCc1ccc(N2CCC(C(F)(F)F)CC2)nc1. The van der Waals surface area contributed by atoms with Gasteiger partial charge in [0.1, 0.15) is 5.82 Å². The lowest BCUT2D eigenvalue weighted by molar-refractivity contribution is -0.179. The third-order valence-corrected chi connectivity index (χ3v) is 3.81. The average Bonchev–Trinajstić information content (AvgIpc) is 2.45. The van der Waals surface area contributed by atoms with E-state index in [2.05, 4.69) is 24.1 Å². The van der Waals surface area contributed by atoms with E-state index in [9.17, 15) is 13.2 Å². The van der Waals surface area contributed by atoms with E-state index >= 15 is 0 Å². The monoisotopic (exact) mass is 301 g/mol. The Morgan fingerprint density at radius 2 is 1.95 bits per heavy atom. The molecule has 0 aliphatic carbocycles. The van der Waals surface area contributed by atoms with Gasteiger partial charge in [0.2, 0.25) is 0 Å².